The summed E-state index contributed by atoms with van der Waals surface area (Å²) >= 11 is 0. The summed E-state index contributed by atoms with van der Waals surface area (Å²) in [6, 6.07) is 17.2. The van der Waals surface area contributed by atoms with Gasteiger partial charge in [-0.3, -0.25) is 4.90 Å². The monoisotopic (exact) mass is 530 g/mol. The van der Waals surface area contributed by atoms with Crippen molar-refractivity contribution in [3.63, 3.8) is 0 Å². The number of aromatic hydroxyl groups is 1. The molecule has 1 fully saturated rings. The Bertz CT molecular complexity index is 1320. The fourth-order valence-electron chi connectivity index (χ4n) is 5.95. The van der Waals surface area contributed by atoms with Crippen molar-refractivity contribution in [2.45, 2.75) is 44.6 Å². The first-order chi connectivity index (χ1) is 18.9. The molecule has 0 saturated carbocycles. The van der Waals surface area contributed by atoms with E-state index in [4.69, 9.17) is 9.47 Å². The standard InChI is InChI=1S/C33H39FN2O3/c1-23-5-4-14-36(21-23)15-16-39-33-13-6-24(17-31(33)34)22-35(2)32-20-29(38-3)11-12-30(32)27-8-7-26-19-28(37)10-9-25(26)18-27/h6,9-13,17,19-20,27,37H,1,4-5,7-8,14-16,18,21-22H2,2-3H3. The number of ether oxygens (including phenoxy) is 2. The molecular weight excluding hydrogens is 491 g/mol. The van der Waals surface area contributed by atoms with Crippen molar-refractivity contribution in [1.82, 2.24) is 4.90 Å². The van der Waals surface area contributed by atoms with Gasteiger partial charge in [-0.1, -0.05) is 30.4 Å². The third-order valence-electron chi connectivity index (χ3n) is 8.04. The molecule has 1 saturated heterocycles. The Balaban J connectivity index is 1.26. The van der Waals surface area contributed by atoms with E-state index in [1.165, 1.54) is 22.3 Å². The number of benzene rings is 3. The zero-order chi connectivity index (χ0) is 27.4. The average Bonchev–Trinajstić information content (AvgIpc) is 2.93. The maximum Gasteiger partial charge on any atom is 0.165 e. The normalized spacial score (nSPS) is 17.5. The Morgan fingerprint density at radius 3 is 2.74 bits per heavy atom. The van der Waals surface area contributed by atoms with E-state index in [0.717, 1.165) is 68.7 Å². The highest BCUT2D eigenvalue weighted by molar-refractivity contribution is 5.59. The largest absolute Gasteiger partial charge is 0.508 e. The Morgan fingerprint density at radius 1 is 1.08 bits per heavy atom. The number of fused-ring (bicyclic) bond motifs is 1. The second-order valence-electron chi connectivity index (χ2n) is 10.9. The zero-order valence-electron chi connectivity index (χ0n) is 23.1. The van der Waals surface area contributed by atoms with Crippen LogP contribution in [0.5, 0.6) is 17.2 Å². The molecule has 2 aliphatic rings. The SMILES string of the molecule is C=C1CCCN(CCOc2ccc(CN(C)c3cc(OC)ccc3C3CCc4cc(O)ccc4C3)cc2F)C1. The molecule has 1 unspecified atom stereocenters. The van der Waals surface area contributed by atoms with Crippen molar-refractivity contribution in [2.24, 2.45) is 0 Å². The minimum atomic E-state index is -0.332. The van der Waals surface area contributed by atoms with E-state index >= 15 is 0 Å². The molecule has 39 heavy (non-hydrogen) atoms. The van der Waals surface area contributed by atoms with Crippen LogP contribution in [0, 0.1) is 5.82 Å². The number of methoxy groups -OCH3 is 1. The van der Waals surface area contributed by atoms with Gasteiger partial charge in [-0.15, -0.1) is 0 Å². The van der Waals surface area contributed by atoms with Gasteiger partial charge in [0.25, 0.3) is 0 Å². The third kappa shape index (κ3) is 6.56. The van der Waals surface area contributed by atoms with Gasteiger partial charge in [0.1, 0.15) is 18.1 Å². The molecule has 0 bridgehead atoms. The lowest BCUT2D eigenvalue weighted by atomic mass is 9.79. The molecule has 0 amide bonds. The number of likely N-dealkylation sites (tertiary alicyclic amines) is 1. The summed E-state index contributed by atoms with van der Waals surface area (Å²) in [5.41, 5.74) is 7.01. The third-order valence-corrected chi connectivity index (χ3v) is 8.04. The summed E-state index contributed by atoms with van der Waals surface area (Å²) in [6.45, 7) is 7.83. The summed E-state index contributed by atoms with van der Waals surface area (Å²) in [4.78, 5) is 4.48. The highest BCUT2D eigenvalue weighted by atomic mass is 19.1. The van der Waals surface area contributed by atoms with Crippen LogP contribution in [0.15, 0.2) is 66.7 Å². The predicted octanol–water partition coefficient (Wildman–Crippen LogP) is 6.48. The second-order valence-corrected chi connectivity index (χ2v) is 10.9. The Hall–Kier alpha value is -3.51. The van der Waals surface area contributed by atoms with Crippen molar-refractivity contribution >= 4 is 5.69 Å². The number of aryl methyl sites for hydroxylation is 1. The zero-order valence-corrected chi connectivity index (χ0v) is 23.1. The van der Waals surface area contributed by atoms with Crippen LogP contribution >= 0.6 is 0 Å². The van der Waals surface area contributed by atoms with E-state index in [-0.39, 0.29) is 5.82 Å². The highest BCUT2D eigenvalue weighted by Crippen LogP contribution is 2.40. The van der Waals surface area contributed by atoms with Crippen LogP contribution in [0.1, 0.15) is 47.4 Å². The molecule has 5 nitrogen and oxygen atoms in total. The highest BCUT2D eigenvalue weighted by Gasteiger charge is 2.24. The van der Waals surface area contributed by atoms with E-state index in [1.807, 2.05) is 31.3 Å². The quantitative estimate of drug-likeness (QED) is 0.321. The summed E-state index contributed by atoms with van der Waals surface area (Å²) in [5.74, 6) is 1.45. The lowest BCUT2D eigenvalue weighted by molar-refractivity contribution is 0.201. The van der Waals surface area contributed by atoms with Gasteiger partial charge < -0.3 is 19.5 Å². The number of hydrogen-bond donors (Lipinski definition) is 1. The Labute approximate surface area is 231 Å². The van der Waals surface area contributed by atoms with Crippen LogP contribution < -0.4 is 14.4 Å². The van der Waals surface area contributed by atoms with Gasteiger partial charge in [-0.2, -0.15) is 0 Å². The Morgan fingerprint density at radius 2 is 1.95 bits per heavy atom. The molecule has 3 aromatic rings. The fraction of sp³-hybridized carbons (Fsp3) is 0.394. The number of anilines is 1. The minimum absolute atomic E-state index is 0.297. The van der Waals surface area contributed by atoms with Crippen molar-refractivity contribution in [3.8, 4) is 17.2 Å². The van der Waals surface area contributed by atoms with E-state index in [0.29, 0.717) is 30.6 Å². The van der Waals surface area contributed by atoms with Crippen LogP contribution in [0.25, 0.3) is 0 Å². The number of phenols is 1. The molecule has 206 valence electrons. The van der Waals surface area contributed by atoms with E-state index in [9.17, 15) is 9.50 Å². The molecule has 1 aliphatic carbocycles. The van der Waals surface area contributed by atoms with Crippen molar-refractivity contribution < 1.29 is 19.0 Å². The number of phenolic OH excluding ortho intramolecular Hbond substituents is 1. The van der Waals surface area contributed by atoms with Crippen LogP contribution in [0.2, 0.25) is 0 Å². The molecule has 1 heterocycles. The molecule has 3 aromatic carbocycles. The van der Waals surface area contributed by atoms with E-state index in [2.05, 4.69) is 28.5 Å². The number of halogens is 1. The maximum absolute atomic E-state index is 15.0. The van der Waals surface area contributed by atoms with Crippen molar-refractivity contribution in [1.29, 1.82) is 0 Å². The molecule has 1 aliphatic heterocycles. The van der Waals surface area contributed by atoms with Gasteiger partial charge in [0.2, 0.25) is 0 Å². The van der Waals surface area contributed by atoms with Gasteiger partial charge in [0.15, 0.2) is 11.6 Å². The van der Waals surface area contributed by atoms with E-state index in [1.54, 1.807) is 25.3 Å². The van der Waals surface area contributed by atoms with Gasteiger partial charge in [-0.05, 0) is 97.2 Å². The van der Waals surface area contributed by atoms with Gasteiger partial charge in [-0.25, -0.2) is 4.39 Å². The molecule has 0 aromatic heterocycles. The lowest BCUT2D eigenvalue weighted by Crippen LogP contribution is -2.34. The number of piperidine rings is 1. The lowest BCUT2D eigenvalue weighted by Gasteiger charge is -2.30. The molecule has 1 atom stereocenters. The van der Waals surface area contributed by atoms with Gasteiger partial charge in [0, 0.05) is 38.4 Å². The summed E-state index contributed by atoms with van der Waals surface area (Å²) in [6.07, 6.45) is 5.09. The van der Waals surface area contributed by atoms with Crippen LogP contribution in [0.3, 0.4) is 0 Å². The van der Waals surface area contributed by atoms with Crippen molar-refractivity contribution in [3.05, 3.63) is 94.8 Å². The Kier molecular flexibility index (Phi) is 8.41. The summed E-state index contributed by atoms with van der Waals surface area (Å²) in [7, 11) is 3.72. The molecule has 0 spiro atoms. The minimum Gasteiger partial charge on any atom is -0.508 e. The fourth-order valence-corrected chi connectivity index (χ4v) is 5.95. The molecule has 0 radical (unpaired) electrons. The maximum atomic E-state index is 15.0. The smallest absolute Gasteiger partial charge is 0.165 e. The molecule has 1 N–H and O–H groups in total. The number of rotatable bonds is 9. The average molecular weight is 531 g/mol. The molecule has 5 rings (SSSR count). The first kappa shape index (κ1) is 27.1. The predicted molar refractivity (Wildman–Crippen MR) is 155 cm³/mol. The first-order valence-corrected chi connectivity index (χ1v) is 13.9. The number of nitrogens with zero attached hydrogens (tertiary/aromatic N) is 2. The molecular formula is C33H39FN2O3. The van der Waals surface area contributed by atoms with Gasteiger partial charge >= 0.3 is 0 Å². The van der Waals surface area contributed by atoms with E-state index < -0.39 is 0 Å². The van der Waals surface area contributed by atoms with Gasteiger partial charge in [0.05, 0.1) is 7.11 Å². The summed E-state index contributed by atoms with van der Waals surface area (Å²) in [5, 5.41) is 9.87. The van der Waals surface area contributed by atoms with Crippen molar-refractivity contribution in [2.75, 3.05) is 45.3 Å². The summed E-state index contributed by atoms with van der Waals surface area (Å²) < 4.78 is 26.3. The first-order valence-electron chi connectivity index (χ1n) is 13.9. The second kappa shape index (κ2) is 12.1. The molecule has 6 heteroatoms. The number of hydrogen-bond acceptors (Lipinski definition) is 5. The van der Waals surface area contributed by atoms with Crippen LogP contribution in [0.4, 0.5) is 10.1 Å². The van der Waals surface area contributed by atoms with Crippen LogP contribution in [-0.4, -0.2) is 50.4 Å². The topological polar surface area (TPSA) is 45.2 Å². The van der Waals surface area contributed by atoms with Crippen LogP contribution in [-0.2, 0) is 19.4 Å².